The monoisotopic (exact) mass is 280 g/mol. The molecule has 5 heteroatoms. The number of nitrogens with zero attached hydrogens (tertiary/aromatic N) is 3. The third-order valence-electron chi connectivity index (χ3n) is 2.86. The van der Waals surface area contributed by atoms with Crippen LogP contribution in [-0.4, -0.2) is 34.6 Å². The van der Waals surface area contributed by atoms with Gasteiger partial charge in [0.15, 0.2) is 0 Å². The number of benzene rings is 1. The van der Waals surface area contributed by atoms with Crippen molar-refractivity contribution >= 4 is 5.91 Å². The summed E-state index contributed by atoms with van der Waals surface area (Å²) in [5.74, 6) is 5.70. The van der Waals surface area contributed by atoms with Crippen LogP contribution in [0.5, 0.6) is 0 Å². The molecule has 5 nitrogen and oxygen atoms in total. The van der Waals surface area contributed by atoms with Gasteiger partial charge >= 0.3 is 0 Å². The summed E-state index contributed by atoms with van der Waals surface area (Å²) in [6.07, 6.45) is 2.96. The van der Waals surface area contributed by atoms with E-state index in [0.717, 1.165) is 11.1 Å². The lowest BCUT2D eigenvalue weighted by atomic mass is 10.1. The first-order valence-electron chi connectivity index (χ1n) is 6.50. The summed E-state index contributed by atoms with van der Waals surface area (Å²) in [7, 11) is 1.75. The predicted molar refractivity (Wildman–Crippen MR) is 80.2 cm³/mol. The van der Waals surface area contributed by atoms with Gasteiger partial charge in [0, 0.05) is 19.2 Å². The fourth-order valence-electron chi connectivity index (χ4n) is 1.88. The summed E-state index contributed by atoms with van der Waals surface area (Å²) in [5, 5.41) is 7.38. The molecule has 0 atom stereocenters. The summed E-state index contributed by atoms with van der Waals surface area (Å²) in [5.41, 5.74) is 7.79. The molecule has 0 aliphatic rings. The van der Waals surface area contributed by atoms with E-state index in [1.807, 2.05) is 24.3 Å². The van der Waals surface area contributed by atoms with Crippen molar-refractivity contribution in [2.75, 3.05) is 13.6 Å². The topological polar surface area (TPSA) is 72.1 Å². The minimum absolute atomic E-state index is 0.0941. The first-order chi connectivity index (χ1) is 10.2. The molecule has 0 saturated heterocycles. The largest absolute Gasteiger partial charge is 0.337 e. The SMILES string of the molecule is CN(Cc1cccc(C#CCN)c1)C(=O)c1ccnnc1. The number of rotatable bonds is 3. The maximum atomic E-state index is 12.2. The van der Waals surface area contributed by atoms with Crippen LogP contribution in [0.25, 0.3) is 0 Å². The van der Waals surface area contributed by atoms with E-state index in [-0.39, 0.29) is 5.91 Å². The fraction of sp³-hybridized carbons (Fsp3) is 0.188. The zero-order chi connectivity index (χ0) is 15.1. The molecule has 1 aromatic carbocycles. The molecule has 2 aromatic rings. The van der Waals surface area contributed by atoms with Crippen LogP contribution in [0.3, 0.4) is 0 Å². The number of nitrogens with two attached hydrogens (primary N) is 1. The Labute approximate surface area is 123 Å². The minimum atomic E-state index is -0.0941. The Morgan fingerprint density at radius 2 is 2.19 bits per heavy atom. The fourth-order valence-corrected chi connectivity index (χ4v) is 1.88. The van der Waals surface area contributed by atoms with Crippen molar-refractivity contribution in [3.05, 3.63) is 59.4 Å². The molecule has 0 saturated carbocycles. The van der Waals surface area contributed by atoms with Crippen LogP contribution in [0.1, 0.15) is 21.5 Å². The van der Waals surface area contributed by atoms with Crippen LogP contribution in [0.15, 0.2) is 42.7 Å². The number of hydrogen-bond donors (Lipinski definition) is 1. The van der Waals surface area contributed by atoms with Crippen molar-refractivity contribution in [2.45, 2.75) is 6.54 Å². The Hall–Kier alpha value is -2.71. The molecular weight excluding hydrogens is 264 g/mol. The highest BCUT2D eigenvalue weighted by atomic mass is 16.2. The van der Waals surface area contributed by atoms with Crippen LogP contribution in [0, 0.1) is 11.8 Å². The van der Waals surface area contributed by atoms with E-state index in [1.165, 1.54) is 12.4 Å². The van der Waals surface area contributed by atoms with Crippen molar-refractivity contribution in [1.29, 1.82) is 0 Å². The summed E-state index contributed by atoms with van der Waals surface area (Å²) in [6, 6.07) is 9.40. The van der Waals surface area contributed by atoms with Crippen molar-refractivity contribution < 1.29 is 4.79 Å². The highest BCUT2D eigenvalue weighted by Crippen LogP contribution is 2.09. The second kappa shape index (κ2) is 7.17. The van der Waals surface area contributed by atoms with Gasteiger partial charge in [-0.3, -0.25) is 4.79 Å². The lowest BCUT2D eigenvalue weighted by molar-refractivity contribution is 0.0784. The molecule has 0 aliphatic carbocycles. The van der Waals surface area contributed by atoms with E-state index in [4.69, 9.17) is 5.73 Å². The second-order valence-electron chi connectivity index (χ2n) is 4.50. The van der Waals surface area contributed by atoms with Crippen molar-refractivity contribution in [2.24, 2.45) is 5.73 Å². The average molecular weight is 280 g/mol. The zero-order valence-corrected chi connectivity index (χ0v) is 11.8. The molecule has 0 radical (unpaired) electrons. The van der Waals surface area contributed by atoms with E-state index >= 15 is 0 Å². The number of amides is 1. The molecule has 1 aromatic heterocycles. The van der Waals surface area contributed by atoms with Gasteiger partial charge in [0.1, 0.15) is 0 Å². The first-order valence-corrected chi connectivity index (χ1v) is 6.50. The second-order valence-corrected chi connectivity index (χ2v) is 4.50. The third-order valence-corrected chi connectivity index (χ3v) is 2.86. The average Bonchev–Trinajstić information content (AvgIpc) is 2.53. The molecule has 106 valence electrons. The number of hydrogen-bond acceptors (Lipinski definition) is 4. The minimum Gasteiger partial charge on any atom is -0.337 e. The molecule has 21 heavy (non-hydrogen) atoms. The summed E-state index contributed by atoms with van der Waals surface area (Å²) < 4.78 is 0. The van der Waals surface area contributed by atoms with Crippen LogP contribution in [0.4, 0.5) is 0 Å². The standard InChI is InChI=1S/C16H16N4O/c1-20(16(21)15-7-9-18-19-11-15)12-14-5-2-4-13(10-14)6-3-8-17/h2,4-5,7,9-11H,8,12,17H2,1H3. The number of carbonyl (C=O) groups excluding carboxylic acids is 1. The summed E-state index contributed by atoms with van der Waals surface area (Å²) in [4.78, 5) is 13.9. The molecule has 2 rings (SSSR count). The predicted octanol–water partition coefficient (Wildman–Crippen LogP) is 1.06. The van der Waals surface area contributed by atoms with Crippen molar-refractivity contribution in [3.8, 4) is 11.8 Å². The van der Waals surface area contributed by atoms with E-state index in [2.05, 4.69) is 22.0 Å². The lowest BCUT2D eigenvalue weighted by Crippen LogP contribution is -2.26. The molecule has 0 spiro atoms. The Morgan fingerprint density at radius 3 is 2.90 bits per heavy atom. The molecule has 2 N–H and O–H groups in total. The Balaban J connectivity index is 2.09. The first kappa shape index (κ1) is 14.7. The molecule has 1 amide bonds. The van der Waals surface area contributed by atoms with Gasteiger partial charge in [-0.15, -0.1) is 0 Å². The van der Waals surface area contributed by atoms with Gasteiger partial charge in [-0.2, -0.15) is 10.2 Å². The highest BCUT2D eigenvalue weighted by molar-refractivity contribution is 5.93. The van der Waals surface area contributed by atoms with Crippen LogP contribution >= 0.6 is 0 Å². The number of carbonyl (C=O) groups is 1. The molecule has 1 heterocycles. The van der Waals surface area contributed by atoms with Gasteiger partial charge in [0.05, 0.1) is 24.5 Å². The van der Waals surface area contributed by atoms with E-state index in [1.54, 1.807) is 18.0 Å². The third kappa shape index (κ3) is 4.13. The van der Waals surface area contributed by atoms with Crippen molar-refractivity contribution in [1.82, 2.24) is 15.1 Å². The molecule has 0 bridgehead atoms. The van der Waals surface area contributed by atoms with Gasteiger partial charge in [-0.25, -0.2) is 0 Å². The van der Waals surface area contributed by atoms with Gasteiger partial charge in [-0.05, 0) is 23.8 Å². The highest BCUT2D eigenvalue weighted by Gasteiger charge is 2.12. The number of aromatic nitrogens is 2. The Morgan fingerprint density at radius 1 is 1.33 bits per heavy atom. The quantitative estimate of drug-likeness (QED) is 0.853. The van der Waals surface area contributed by atoms with E-state index in [9.17, 15) is 4.79 Å². The van der Waals surface area contributed by atoms with Crippen LogP contribution < -0.4 is 5.73 Å². The summed E-state index contributed by atoms with van der Waals surface area (Å²) in [6.45, 7) is 0.830. The molecule has 0 aliphatic heterocycles. The van der Waals surface area contributed by atoms with Gasteiger partial charge in [0.2, 0.25) is 0 Å². The smallest absolute Gasteiger partial charge is 0.255 e. The van der Waals surface area contributed by atoms with E-state index in [0.29, 0.717) is 18.7 Å². The molecule has 0 unspecified atom stereocenters. The molecule has 0 fully saturated rings. The Kier molecular flexibility index (Phi) is 5.02. The maximum Gasteiger partial charge on any atom is 0.255 e. The van der Waals surface area contributed by atoms with Crippen LogP contribution in [0.2, 0.25) is 0 Å². The van der Waals surface area contributed by atoms with Crippen molar-refractivity contribution in [3.63, 3.8) is 0 Å². The van der Waals surface area contributed by atoms with E-state index < -0.39 is 0 Å². The zero-order valence-electron chi connectivity index (χ0n) is 11.8. The maximum absolute atomic E-state index is 12.2. The van der Waals surface area contributed by atoms with Crippen LogP contribution in [-0.2, 0) is 6.54 Å². The Bertz CT molecular complexity index is 673. The van der Waals surface area contributed by atoms with Gasteiger partial charge in [0.25, 0.3) is 5.91 Å². The lowest BCUT2D eigenvalue weighted by Gasteiger charge is -2.17. The normalized spacial score (nSPS) is 9.62. The van der Waals surface area contributed by atoms with Gasteiger partial charge in [-0.1, -0.05) is 24.0 Å². The summed E-state index contributed by atoms with van der Waals surface area (Å²) >= 11 is 0. The molecular formula is C16H16N4O. The van der Waals surface area contributed by atoms with Gasteiger partial charge < -0.3 is 10.6 Å².